The molecule has 8 heteroatoms. The molecule has 0 aliphatic rings. The molecule has 0 fully saturated rings. The van der Waals surface area contributed by atoms with Gasteiger partial charge in [-0.05, 0) is 47.9 Å². The molecular formula is C24H25N5O2S. The van der Waals surface area contributed by atoms with E-state index in [2.05, 4.69) is 20.6 Å². The second kappa shape index (κ2) is 9.74. The number of thiazole rings is 1. The predicted molar refractivity (Wildman–Crippen MR) is 126 cm³/mol. The van der Waals surface area contributed by atoms with Gasteiger partial charge in [0, 0.05) is 36.9 Å². The fourth-order valence-corrected chi connectivity index (χ4v) is 4.33. The van der Waals surface area contributed by atoms with E-state index in [1.54, 1.807) is 18.5 Å². The van der Waals surface area contributed by atoms with Crippen molar-refractivity contribution in [3.8, 4) is 5.13 Å². The average Bonchev–Trinajstić information content (AvgIpc) is 3.50. The summed E-state index contributed by atoms with van der Waals surface area (Å²) in [6.45, 7) is 4.33. The summed E-state index contributed by atoms with van der Waals surface area (Å²) < 4.78 is 2.86. The Labute approximate surface area is 190 Å². The van der Waals surface area contributed by atoms with Gasteiger partial charge in [0.1, 0.15) is 6.04 Å². The van der Waals surface area contributed by atoms with Crippen LogP contribution in [0.15, 0.2) is 67.3 Å². The first-order valence-electron chi connectivity index (χ1n) is 10.6. The molecule has 164 valence electrons. The lowest BCUT2D eigenvalue weighted by atomic mass is 9.97. The van der Waals surface area contributed by atoms with E-state index in [1.165, 1.54) is 11.3 Å². The molecule has 0 radical (unpaired) electrons. The Balaban J connectivity index is 1.48. The van der Waals surface area contributed by atoms with Crippen LogP contribution in [0.4, 0.5) is 0 Å². The van der Waals surface area contributed by atoms with Crippen LogP contribution in [0.3, 0.4) is 0 Å². The lowest BCUT2D eigenvalue weighted by molar-refractivity contribution is -0.124. The van der Waals surface area contributed by atoms with E-state index < -0.39 is 6.04 Å². The fourth-order valence-electron chi connectivity index (χ4n) is 3.35. The number of pyridine rings is 1. The zero-order chi connectivity index (χ0) is 22.5. The molecule has 4 aromatic rings. The van der Waals surface area contributed by atoms with Crippen molar-refractivity contribution in [2.75, 3.05) is 0 Å². The minimum atomic E-state index is -0.628. The molecule has 2 atom stereocenters. The Kier molecular flexibility index (Phi) is 6.61. The van der Waals surface area contributed by atoms with E-state index in [4.69, 9.17) is 0 Å². The molecule has 4 rings (SSSR count). The first kappa shape index (κ1) is 21.7. The number of benzene rings is 1. The Morgan fingerprint density at radius 3 is 2.69 bits per heavy atom. The molecule has 0 aliphatic heterocycles. The predicted octanol–water partition coefficient (Wildman–Crippen LogP) is 3.94. The van der Waals surface area contributed by atoms with Gasteiger partial charge < -0.3 is 15.2 Å². The standard InChI is InChI=1S/C24H25N5O2S/c1-3-16(2)21(23(31)26-15-17-7-6-10-25-14-17)28-22(30)18-8-9-19-20(13-18)32-24(27-19)29-11-4-5-12-29/h4-14,16,21H,3,15H2,1-2H3,(H,26,31)(H,28,30). The van der Waals surface area contributed by atoms with Gasteiger partial charge in [-0.2, -0.15) is 0 Å². The normalized spacial score (nSPS) is 12.9. The molecule has 1 aromatic carbocycles. The van der Waals surface area contributed by atoms with Gasteiger partial charge in [0.2, 0.25) is 5.91 Å². The van der Waals surface area contributed by atoms with Crippen molar-refractivity contribution in [1.82, 2.24) is 25.2 Å². The molecular weight excluding hydrogens is 422 g/mol. The van der Waals surface area contributed by atoms with E-state index >= 15 is 0 Å². The zero-order valence-corrected chi connectivity index (χ0v) is 18.8. The Morgan fingerprint density at radius 2 is 1.97 bits per heavy atom. The summed E-state index contributed by atoms with van der Waals surface area (Å²) in [5.74, 6) is -0.490. The maximum absolute atomic E-state index is 13.0. The van der Waals surface area contributed by atoms with Gasteiger partial charge in [0.05, 0.1) is 10.2 Å². The highest BCUT2D eigenvalue weighted by Crippen LogP contribution is 2.26. The summed E-state index contributed by atoms with van der Waals surface area (Å²) in [6, 6.07) is 12.4. The Hall–Kier alpha value is -3.52. The summed E-state index contributed by atoms with van der Waals surface area (Å²) in [5, 5.41) is 6.69. The highest BCUT2D eigenvalue weighted by molar-refractivity contribution is 7.20. The topological polar surface area (TPSA) is 88.9 Å². The summed E-state index contributed by atoms with van der Waals surface area (Å²) >= 11 is 1.51. The molecule has 0 saturated heterocycles. The molecule has 0 aliphatic carbocycles. The fraction of sp³-hybridized carbons (Fsp3) is 0.250. The zero-order valence-electron chi connectivity index (χ0n) is 18.0. The second-order valence-electron chi connectivity index (χ2n) is 7.68. The molecule has 3 heterocycles. The van der Waals surface area contributed by atoms with E-state index in [9.17, 15) is 9.59 Å². The molecule has 32 heavy (non-hydrogen) atoms. The summed E-state index contributed by atoms with van der Waals surface area (Å²) in [4.78, 5) is 34.6. The van der Waals surface area contributed by atoms with Crippen molar-refractivity contribution < 1.29 is 9.59 Å². The number of fused-ring (bicyclic) bond motifs is 1. The number of aromatic nitrogens is 3. The number of carbonyl (C=O) groups excluding carboxylic acids is 2. The largest absolute Gasteiger partial charge is 0.350 e. The molecule has 2 N–H and O–H groups in total. The van der Waals surface area contributed by atoms with Crippen molar-refractivity contribution in [1.29, 1.82) is 0 Å². The lowest BCUT2D eigenvalue weighted by Gasteiger charge is -2.23. The number of amides is 2. The Morgan fingerprint density at radius 1 is 1.16 bits per heavy atom. The molecule has 2 unspecified atom stereocenters. The van der Waals surface area contributed by atoms with Gasteiger partial charge in [-0.15, -0.1) is 0 Å². The summed E-state index contributed by atoms with van der Waals surface area (Å²) in [6.07, 6.45) is 8.04. The maximum atomic E-state index is 13.0. The number of hydrogen-bond acceptors (Lipinski definition) is 5. The highest BCUT2D eigenvalue weighted by Gasteiger charge is 2.26. The van der Waals surface area contributed by atoms with Crippen LogP contribution >= 0.6 is 11.3 Å². The third-order valence-electron chi connectivity index (χ3n) is 5.44. The summed E-state index contributed by atoms with van der Waals surface area (Å²) in [5.41, 5.74) is 2.25. The minimum Gasteiger partial charge on any atom is -0.350 e. The van der Waals surface area contributed by atoms with Crippen LogP contribution in [0.2, 0.25) is 0 Å². The van der Waals surface area contributed by atoms with Gasteiger partial charge in [-0.1, -0.05) is 37.7 Å². The first-order chi connectivity index (χ1) is 15.5. The van der Waals surface area contributed by atoms with Crippen molar-refractivity contribution in [3.63, 3.8) is 0 Å². The first-order valence-corrected chi connectivity index (χ1v) is 11.4. The Bertz CT molecular complexity index is 1200. The van der Waals surface area contributed by atoms with E-state index in [0.717, 1.165) is 27.3 Å². The van der Waals surface area contributed by atoms with Crippen molar-refractivity contribution in [3.05, 3.63) is 78.4 Å². The quantitative estimate of drug-likeness (QED) is 0.428. The van der Waals surface area contributed by atoms with Gasteiger partial charge >= 0.3 is 0 Å². The second-order valence-corrected chi connectivity index (χ2v) is 8.69. The monoisotopic (exact) mass is 447 g/mol. The van der Waals surface area contributed by atoms with Crippen molar-refractivity contribution in [2.45, 2.75) is 32.9 Å². The molecule has 0 bridgehead atoms. The SMILES string of the molecule is CCC(C)C(NC(=O)c1ccc2nc(-n3cccc3)sc2c1)C(=O)NCc1cccnc1. The van der Waals surface area contributed by atoms with Gasteiger partial charge in [0.15, 0.2) is 5.13 Å². The number of nitrogens with zero attached hydrogens (tertiary/aromatic N) is 3. The van der Waals surface area contributed by atoms with Crippen LogP contribution in [-0.4, -0.2) is 32.4 Å². The van der Waals surface area contributed by atoms with Crippen LogP contribution < -0.4 is 10.6 Å². The van der Waals surface area contributed by atoms with Crippen molar-refractivity contribution in [2.24, 2.45) is 5.92 Å². The van der Waals surface area contributed by atoms with Gasteiger partial charge in [-0.3, -0.25) is 14.6 Å². The van der Waals surface area contributed by atoms with Crippen LogP contribution in [0.5, 0.6) is 0 Å². The van der Waals surface area contributed by atoms with E-state index in [0.29, 0.717) is 12.1 Å². The molecule has 3 aromatic heterocycles. The average molecular weight is 448 g/mol. The third-order valence-corrected chi connectivity index (χ3v) is 6.47. The number of rotatable bonds is 8. The van der Waals surface area contributed by atoms with Crippen LogP contribution in [0.1, 0.15) is 36.2 Å². The highest BCUT2D eigenvalue weighted by atomic mass is 32.1. The van der Waals surface area contributed by atoms with Gasteiger partial charge in [0.25, 0.3) is 5.91 Å². The number of nitrogens with one attached hydrogen (secondary N) is 2. The lowest BCUT2D eigenvalue weighted by Crippen LogP contribution is -2.50. The smallest absolute Gasteiger partial charge is 0.251 e. The van der Waals surface area contributed by atoms with Crippen LogP contribution in [-0.2, 0) is 11.3 Å². The van der Waals surface area contributed by atoms with Gasteiger partial charge in [-0.25, -0.2) is 4.98 Å². The van der Waals surface area contributed by atoms with Crippen LogP contribution in [0, 0.1) is 5.92 Å². The molecule has 2 amide bonds. The molecule has 0 spiro atoms. The molecule has 0 saturated carbocycles. The van der Waals surface area contributed by atoms with E-state index in [-0.39, 0.29) is 17.7 Å². The van der Waals surface area contributed by atoms with E-state index in [1.807, 2.05) is 67.2 Å². The number of carbonyl (C=O) groups is 2. The molecule has 7 nitrogen and oxygen atoms in total. The van der Waals surface area contributed by atoms with Crippen molar-refractivity contribution >= 4 is 33.4 Å². The maximum Gasteiger partial charge on any atom is 0.251 e. The third kappa shape index (κ3) is 4.86. The summed E-state index contributed by atoms with van der Waals surface area (Å²) in [7, 11) is 0. The van der Waals surface area contributed by atoms with Crippen LogP contribution in [0.25, 0.3) is 15.3 Å². The number of hydrogen-bond donors (Lipinski definition) is 2. The minimum absolute atomic E-state index is 0.0136.